The molecule has 168 valence electrons. The third-order valence-electron chi connectivity index (χ3n) is 6.19. The lowest BCUT2D eigenvalue weighted by Crippen LogP contribution is -2.29. The van der Waals surface area contributed by atoms with E-state index in [9.17, 15) is 9.83 Å². The van der Waals surface area contributed by atoms with Crippen LogP contribution < -0.4 is 16.1 Å². The topological polar surface area (TPSA) is 107 Å². The van der Waals surface area contributed by atoms with Gasteiger partial charge in [0, 0.05) is 18.8 Å². The number of pyridine rings is 1. The molecule has 2 aliphatic rings. The van der Waals surface area contributed by atoms with Gasteiger partial charge in [0.2, 0.25) is 5.95 Å². The number of hydrogen-bond acceptors (Lipinski definition) is 8. The fraction of sp³-hybridized carbons (Fsp3) is 0.333. The van der Waals surface area contributed by atoms with Gasteiger partial charge >= 0.3 is 0 Å². The van der Waals surface area contributed by atoms with Crippen LogP contribution >= 0.6 is 7.14 Å². The Morgan fingerprint density at radius 3 is 2.79 bits per heavy atom. The van der Waals surface area contributed by atoms with Crippen LogP contribution in [-0.4, -0.2) is 46.8 Å². The zero-order chi connectivity index (χ0) is 23.2. The van der Waals surface area contributed by atoms with Crippen molar-refractivity contribution in [3.8, 4) is 6.07 Å². The highest BCUT2D eigenvalue weighted by molar-refractivity contribution is 7.69. The number of likely N-dealkylation sites (N-methyl/N-ethyl adjacent to an activating group) is 1. The number of rotatable bonds is 5. The molecule has 1 aromatic carbocycles. The van der Waals surface area contributed by atoms with Crippen molar-refractivity contribution < 1.29 is 4.57 Å². The predicted molar refractivity (Wildman–Crippen MR) is 130 cm³/mol. The first kappa shape index (κ1) is 21.6. The van der Waals surface area contributed by atoms with Crippen molar-refractivity contribution in [3.63, 3.8) is 0 Å². The average molecular weight is 459 g/mol. The summed E-state index contributed by atoms with van der Waals surface area (Å²) in [5, 5.41) is 15.9. The largest absolute Gasteiger partial charge is 0.324 e. The monoisotopic (exact) mass is 459 g/mol. The first-order valence-corrected chi connectivity index (χ1v) is 13.6. The second kappa shape index (κ2) is 8.26. The Morgan fingerprint density at radius 1 is 1.18 bits per heavy atom. The molecular weight excluding hydrogens is 433 g/mol. The van der Waals surface area contributed by atoms with Crippen LogP contribution in [0.3, 0.4) is 0 Å². The summed E-state index contributed by atoms with van der Waals surface area (Å²) in [7, 11) is -0.339. The summed E-state index contributed by atoms with van der Waals surface area (Å²) in [6.45, 7) is 5.42. The SMILES string of the molecule is CN1Cc2cc(Nc3ncc(C#N)c(Nc4cccc(P(C)(C)=O)n4)n3)cc3c2[C@@H](CC3)C1. The Balaban J connectivity index is 1.44. The van der Waals surface area contributed by atoms with Gasteiger partial charge in [-0.25, -0.2) is 9.97 Å². The molecule has 5 rings (SSSR count). The number of anilines is 4. The Hall–Kier alpha value is -3.27. The molecule has 1 aliphatic heterocycles. The number of nitrogens with one attached hydrogen (secondary N) is 2. The number of benzene rings is 1. The lowest BCUT2D eigenvalue weighted by Gasteiger charge is -2.30. The van der Waals surface area contributed by atoms with Gasteiger partial charge in [-0.1, -0.05) is 6.07 Å². The Labute approximate surface area is 193 Å². The smallest absolute Gasteiger partial charge is 0.229 e. The van der Waals surface area contributed by atoms with Gasteiger partial charge in [0.25, 0.3) is 0 Å². The molecule has 3 heterocycles. The standard InChI is InChI=1S/C24H26N7OP/c1-31-13-16-8-7-15-9-19(10-17(14-31)22(15)16)27-24-26-12-18(11-25)23(30-24)29-20-5-4-6-21(28-20)33(2,3)32/h4-6,9-10,12,16H,7-8,13-14H2,1-3H3,(H2,26,27,28,29,30)/t16-/m0/s1. The normalized spacial score (nSPS) is 17.3. The van der Waals surface area contributed by atoms with E-state index in [1.807, 2.05) is 0 Å². The summed E-state index contributed by atoms with van der Waals surface area (Å²) in [4.78, 5) is 15.7. The molecule has 0 fully saturated rings. The van der Waals surface area contributed by atoms with E-state index in [1.54, 1.807) is 31.5 Å². The molecule has 0 saturated heterocycles. The summed E-state index contributed by atoms with van der Waals surface area (Å²) in [6.07, 6.45) is 3.79. The van der Waals surface area contributed by atoms with E-state index in [2.05, 4.69) is 55.7 Å². The van der Waals surface area contributed by atoms with Gasteiger partial charge in [0.1, 0.15) is 30.0 Å². The van der Waals surface area contributed by atoms with Gasteiger partial charge in [-0.15, -0.1) is 0 Å². The van der Waals surface area contributed by atoms with Crippen molar-refractivity contribution in [2.75, 3.05) is 37.6 Å². The molecule has 1 aliphatic carbocycles. The van der Waals surface area contributed by atoms with E-state index in [1.165, 1.54) is 29.3 Å². The number of aromatic nitrogens is 3. The zero-order valence-corrected chi connectivity index (χ0v) is 19.9. The van der Waals surface area contributed by atoms with Gasteiger partial charge in [0.05, 0.1) is 6.20 Å². The zero-order valence-electron chi connectivity index (χ0n) is 19.0. The van der Waals surface area contributed by atoms with E-state index in [0.29, 0.717) is 34.5 Å². The van der Waals surface area contributed by atoms with E-state index in [0.717, 1.165) is 25.2 Å². The summed E-state index contributed by atoms with van der Waals surface area (Å²) in [5.41, 5.74) is 6.07. The Bertz CT molecular complexity index is 1330. The second-order valence-corrected chi connectivity index (χ2v) is 12.4. The van der Waals surface area contributed by atoms with E-state index in [4.69, 9.17) is 0 Å². The van der Waals surface area contributed by atoms with Crippen molar-refractivity contribution >= 4 is 35.8 Å². The quantitative estimate of drug-likeness (QED) is 0.553. The van der Waals surface area contributed by atoms with Gasteiger partial charge in [0.15, 0.2) is 5.82 Å². The van der Waals surface area contributed by atoms with Gasteiger partial charge < -0.3 is 20.1 Å². The minimum Gasteiger partial charge on any atom is -0.324 e. The number of nitrogens with zero attached hydrogens (tertiary/aromatic N) is 5. The Kier molecular flexibility index (Phi) is 5.40. The van der Waals surface area contributed by atoms with Gasteiger partial charge in [-0.3, -0.25) is 0 Å². The van der Waals surface area contributed by atoms with Crippen LogP contribution in [0, 0.1) is 11.3 Å². The maximum absolute atomic E-state index is 12.4. The summed E-state index contributed by atoms with van der Waals surface area (Å²) >= 11 is 0. The maximum Gasteiger partial charge on any atom is 0.229 e. The third-order valence-corrected chi connectivity index (χ3v) is 7.54. The lowest BCUT2D eigenvalue weighted by atomic mass is 9.91. The summed E-state index contributed by atoms with van der Waals surface area (Å²) in [6, 6.07) is 11.8. The molecule has 2 aromatic heterocycles. The maximum atomic E-state index is 12.4. The highest BCUT2D eigenvalue weighted by Crippen LogP contribution is 2.41. The second-order valence-electron chi connectivity index (χ2n) is 9.19. The van der Waals surface area contributed by atoms with E-state index < -0.39 is 7.14 Å². The fourth-order valence-electron chi connectivity index (χ4n) is 4.76. The van der Waals surface area contributed by atoms with Crippen LogP contribution in [0.15, 0.2) is 36.5 Å². The van der Waals surface area contributed by atoms with Crippen molar-refractivity contribution in [1.29, 1.82) is 5.26 Å². The molecular formula is C24H26N7OP. The molecule has 33 heavy (non-hydrogen) atoms. The predicted octanol–water partition coefficient (Wildman–Crippen LogP) is 3.95. The Morgan fingerprint density at radius 2 is 2.00 bits per heavy atom. The summed E-state index contributed by atoms with van der Waals surface area (Å²) < 4.78 is 12.4. The molecule has 0 amide bonds. The molecule has 0 bridgehead atoms. The number of hydrogen-bond donors (Lipinski definition) is 2. The molecule has 1 atom stereocenters. The third kappa shape index (κ3) is 4.35. The number of nitriles is 1. The molecule has 2 N–H and O–H groups in total. The van der Waals surface area contributed by atoms with Crippen LogP contribution in [-0.2, 0) is 17.5 Å². The summed E-state index contributed by atoms with van der Waals surface area (Å²) in [5.74, 6) is 1.86. The molecule has 0 radical (unpaired) electrons. The molecule has 8 nitrogen and oxygen atoms in total. The van der Waals surface area contributed by atoms with E-state index >= 15 is 0 Å². The van der Waals surface area contributed by atoms with Crippen molar-refractivity contribution in [2.24, 2.45) is 0 Å². The highest BCUT2D eigenvalue weighted by Gasteiger charge is 2.31. The van der Waals surface area contributed by atoms with Crippen LogP contribution in [0.1, 0.15) is 34.6 Å². The highest BCUT2D eigenvalue weighted by atomic mass is 31.2. The first-order valence-electron chi connectivity index (χ1n) is 11.0. The van der Waals surface area contributed by atoms with Gasteiger partial charge in [-0.05, 0) is 80.1 Å². The average Bonchev–Trinajstić information content (AvgIpc) is 3.17. The van der Waals surface area contributed by atoms with Crippen LogP contribution in [0.25, 0.3) is 0 Å². The van der Waals surface area contributed by atoms with Crippen molar-refractivity contribution in [3.05, 3.63) is 58.8 Å². The minimum atomic E-state index is -2.51. The molecule has 9 heteroatoms. The van der Waals surface area contributed by atoms with Crippen LogP contribution in [0.5, 0.6) is 0 Å². The van der Waals surface area contributed by atoms with Gasteiger partial charge in [-0.2, -0.15) is 10.2 Å². The first-order chi connectivity index (χ1) is 15.8. The molecule has 3 aromatic rings. The fourth-order valence-corrected chi connectivity index (χ4v) is 5.56. The van der Waals surface area contributed by atoms with E-state index in [-0.39, 0.29) is 0 Å². The van der Waals surface area contributed by atoms with Crippen molar-refractivity contribution in [1.82, 2.24) is 19.9 Å². The van der Waals surface area contributed by atoms with Crippen LogP contribution in [0.2, 0.25) is 0 Å². The number of aryl methyl sites for hydroxylation is 1. The van der Waals surface area contributed by atoms with Crippen molar-refractivity contribution in [2.45, 2.75) is 25.3 Å². The lowest BCUT2D eigenvalue weighted by molar-refractivity contribution is 0.282. The molecule has 0 unspecified atom stereocenters. The molecule has 0 saturated carbocycles. The molecule has 0 spiro atoms. The van der Waals surface area contributed by atoms with Crippen LogP contribution in [0.4, 0.5) is 23.3 Å². The minimum absolute atomic E-state index is 0.303.